The van der Waals surface area contributed by atoms with Gasteiger partial charge in [-0.1, -0.05) is 0 Å². The number of thiazole rings is 1. The van der Waals surface area contributed by atoms with Crippen molar-refractivity contribution in [3.05, 3.63) is 16.1 Å². The zero-order chi connectivity index (χ0) is 15.6. The Morgan fingerprint density at radius 2 is 2.14 bits per heavy atom. The minimum atomic E-state index is -0.763. The number of ether oxygens (including phenoxy) is 2. The van der Waals surface area contributed by atoms with Gasteiger partial charge in [0.1, 0.15) is 0 Å². The highest BCUT2D eigenvalue weighted by atomic mass is 32.1. The topological polar surface area (TPSA) is 54.9 Å². The predicted molar refractivity (Wildman–Crippen MR) is 83.9 cm³/mol. The van der Waals surface area contributed by atoms with E-state index >= 15 is 0 Å². The van der Waals surface area contributed by atoms with Crippen LogP contribution in [0.2, 0.25) is 0 Å². The monoisotopic (exact) mass is 325 g/mol. The van der Waals surface area contributed by atoms with Crippen LogP contribution < -0.4 is 0 Å². The van der Waals surface area contributed by atoms with Gasteiger partial charge in [0.25, 0.3) is 5.91 Å². The maximum atomic E-state index is 12.8. The number of carbonyl (C=O) groups is 1. The van der Waals surface area contributed by atoms with Gasteiger partial charge in [-0.3, -0.25) is 9.69 Å². The van der Waals surface area contributed by atoms with Crippen LogP contribution in [0.15, 0.2) is 5.38 Å². The molecule has 0 aromatic carbocycles. The fraction of sp³-hybridized carbons (Fsp3) is 0.733. The van der Waals surface area contributed by atoms with Gasteiger partial charge in [-0.05, 0) is 13.8 Å². The van der Waals surface area contributed by atoms with E-state index in [1.165, 1.54) is 0 Å². The molecule has 2 aliphatic rings. The molecule has 1 aromatic heterocycles. The molecular formula is C15H23N3O3S. The van der Waals surface area contributed by atoms with E-state index in [1.807, 2.05) is 18.7 Å². The Balaban J connectivity index is 1.64. The Labute approximate surface area is 135 Å². The van der Waals surface area contributed by atoms with Crippen LogP contribution in [0.5, 0.6) is 0 Å². The third-order valence-corrected chi connectivity index (χ3v) is 4.98. The van der Waals surface area contributed by atoms with Gasteiger partial charge >= 0.3 is 0 Å². The van der Waals surface area contributed by atoms with Crippen LogP contribution in [0.25, 0.3) is 0 Å². The molecule has 22 heavy (non-hydrogen) atoms. The van der Waals surface area contributed by atoms with Crippen molar-refractivity contribution in [2.24, 2.45) is 0 Å². The minimum absolute atomic E-state index is 0.0787. The Kier molecular flexibility index (Phi) is 4.77. The number of aryl methyl sites for hydroxylation is 1. The zero-order valence-electron chi connectivity index (χ0n) is 13.2. The first-order chi connectivity index (χ1) is 10.6. The number of carbonyl (C=O) groups excluding carboxylic acids is 1. The number of rotatable bonds is 3. The van der Waals surface area contributed by atoms with Crippen LogP contribution in [-0.2, 0) is 20.8 Å². The van der Waals surface area contributed by atoms with Crippen molar-refractivity contribution in [3.8, 4) is 0 Å². The molecule has 2 aliphatic heterocycles. The Morgan fingerprint density at radius 1 is 1.36 bits per heavy atom. The molecule has 3 heterocycles. The molecule has 2 saturated heterocycles. The first kappa shape index (κ1) is 15.9. The summed E-state index contributed by atoms with van der Waals surface area (Å²) in [5.41, 5.74) is 0.311. The number of aromatic nitrogens is 1. The molecule has 0 unspecified atom stereocenters. The van der Waals surface area contributed by atoms with Gasteiger partial charge in [-0.15, -0.1) is 11.3 Å². The molecule has 0 saturated carbocycles. The molecule has 122 valence electrons. The molecule has 0 bridgehead atoms. The van der Waals surface area contributed by atoms with Gasteiger partial charge in [0, 0.05) is 38.1 Å². The maximum Gasteiger partial charge on any atom is 0.256 e. The molecule has 2 fully saturated rings. The van der Waals surface area contributed by atoms with Crippen molar-refractivity contribution in [2.45, 2.75) is 26.0 Å². The highest BCUT2D eigenvalue weighted by molar-refractivity contribution is 7.09. The standard InChI is InChI=1S/C15H23N3O3S/c1-12-16-13(10-22-12)9-17-3-8-21-15(2,11-17)14(19)18-4-6-20-7-5-18/h10H,3-9,11H2,1-2H3/t15-/m0/s1. The van der Waals surface area contributed by atoms with Crippen LogP contribution in [0.1, 0.15) is 17.6 Å². The van der Waals surface area contributed by atoms with E-state index in [-0.39, 0.29) is 5.91 Å². The van der Waals surface area contributed by atoms with Crippen molar-refractivity contribution in [2.75, 3.05) is 46.0 Å². The van der Waals surface area contributed by atoms with Crippen LogP contribution in [0.3, 0.4) is 0 Å². The van der Waals surface area contributed by atoms with Crippen molar-refractivity contribution in [3.63, 3.8) is 0 Å². The summed E-state index contributed by atoms with van der Waals surface area (Å²) in [6, 6.07) is 0. The number of hydrogen-bond donors (Lipinski definition) is 0. The second-order valence-electron chi connectivity index (χ2n) is 6.05. The Morgan fingerprint density at radius 3 is 2.82 bits per heavy atom. The summed E-state index contributed by atoms with van der Waals surface area (Å²) in [7, 11) is 0. The van der Waals surface area contributed by atoms with Crippen molar-refractivity contribution < 1.29 is 14.3 Å². The Hall–Kier alpha value is -1.02. The molecule has 3 rings (SSSR count). The molecule has 1 aromatic rings. The predicted octanol–water partition coefficient (Wildman–Crippen LogP) is 0.901. The SMILES string of the molecule is Cc1nc(CN2CCO[C@](C)(C(=O)N3CCOCC3)C2)cs1. The summed E-state index contributed by atoms with van der Waals surface area (Å²) in [5, 5.41) is 3.17. The molecular weight excluding hydrogens is 302 g/mol. The number of morpholine rings is 2. The molecule has 1 amide bonds. The molecule has 0 N–H and O–H groups in total. The summed E-state index contributed by atoms with van der Waals surface area (Å²) >= 11 is 1.66. The summed E-state index contributed by atoms with van der Waals surface area (Å²) in [5.74, 6) is 0.0787. The third-order valence-electron chi connectivity index (χ3n) is 4.16. The molecule has 7 heteroatoms. The first-order valence-electron chi connectivity index (χ1n) is 7.71. The smallest absolute Gasteiger partial charge is 0.256 e. The van der Waals surface area contributed by atoms with Crippen molar-refractivity contribution in [1.82, 2.24) is 14.8 Å². The summed E-state index contributed by atoms with van der Waals surface area (Å²) in [4.78, 5) is 21.4. The van der Waals surface area contributed by atoms with Gasteiger partial charge in [-0.25, -0.2) is 4.98 Å². The average Bonchev–Trinajstić information content (AvgIpc) is 2.92. The molecule has 6 nitrogen and oxygen atoms in total. The van der Waals surface area contributed by atoms with E-state index < -0.39 is 5.60 Å². The summed E-state index contributed by atoms with van der Waals surface area (Å²) in [6.45, 7) is 9.26. The van der Waals surface area contributed by atoms with Crippen LogP contribution >= 0.6 is 11.3 Å². The van der Waals surface area contributed by atoms with E-state index in [0.717, 1.165) is 23.8 Å². The number of hydrogen-bond acceptors (Lipinski definition) is 6. The van der Waals surface area contributed by atoms with Gasteiger partial charge in [0.05, 0.1) is 30.5 Å². The lowest BCUT2D eigenvalue weighted by Gasteiger charge is -2.42. The Bertz CT molecular complexity index is 530. The van der Waals surface area contributed by atoms with E-state index in [9.17, 15) is 4.79 Å². The molecule has 0 spiro atoms. The van der Waals surface area contributed by atoms with Crippen molar-refractivity contribution >= 4 is 17.2 Å². The lowest BCUT2D eigenvalue weighted by molar-refractivity contribution is -0.171. The van der Waals surface area contributed by atoms with Gasteiger partial charge in [0.2, 0.25) is 0 Å². The van der Waals surface area contributed by atoms with E-state index in [0.29, 0.717) is 39.5 Å². The van der Waals surface area contributed by atoms with Crippen LogP contribution in [0.4, 0.5) is 0 Å². The summed E-state index contributed by atoms with van der Waals surface area (Å²) in [6.07, 6.45) is 0. The van der Waals surface area contributed by atoms with Crippen LogP contribution in [0, 0.1) is 6.92 Å². The van der Waals surface area contributed by atoms with Gasteiger partial charge < -0.3 is 14.4 Å². The molecule has 0 aliphatic carbocycles. The molecule has 1 atom stereocenters. The molecule has 0 radical (unpaired) electrons. The minimum Gasteiger partial charge on any atom is -0.378 e. The largest absolute Gasteiger partial charge is 0.378 e. The van der Waals surface area contributed by atoms with Gasteiger partial charge in [0.15, 0.2) is 5.60 Å². The second kappa shape index (κ2) is 6.62. The van der Waals surface area contributed by atoms with Crippen LogP contribution in [-0.4, -0.2) is 72.3 Å². The highest BCUT2D eigenvalue weighted by Crippen LogP contribution is 2.23. The number of amides is 1. The fourth-order valence-electron chi connectivity index (χ4n) is 3.03. The quantitative estimate of drug-likeness (QED) is 0.826. The summed E-state index contributed by atoms with van der Waals surface area (Å²) < 4.78 is 11.2. The second-order valence-corrected chi connectivity index (χ2v) is 7.11. The average molecular weight is 325 g/mol. The van der Waals surface area contributed by atoms with E-state index in [4.69, 9.17) is 9.47 Å². The lowest BCUT2D eigenvalue weighted by atomic mass is 10.0. The van der Waals surface area contributed by atoms with Gasteiger partial charge in [-0.2, -0.15) is 0 Å². The van der Waals surface area contributed by atoms with E-state index in [2.05, 4.69) is 15.3 Å². The van der Waals surface area contributed by atoms with E-state index in [1.54, 1.807) is 11.3 Å². The normalized spacial score (nSPS) is 27.1. The fourth-order valence-corrected chi connectivity index (χ4v) is 3.63. The maximum absolute atomic E-state index is 12.8. The lowest BCUT2D eigenvalue weighted by Crippen LogP contribution is -2.60. The number of nitrogens with zero attached hydrogens (tertiary/aromatic N) is 3. The van der Waals surface area contributed by atoms with Crippen molar-refractivity contribution in [1.29, 1.82) is 0 Å². The highest BCUT2D eigenvalue weighted by Gasteiger charge is 2.42. The third kappa shape index (κ3) is 3.48. The first-order valence-corrected chi connectivity index (χ1v) is 8.59. The zero-order valence-corrected chi connectivity index (χ0v) is 14.0.